The van der Waals surface area contributed by atoms with Crippen molar-refractivity contribution < 1.29 is 9.90 Å². The molecule has 5 nitrogen and oxygen atoms in total. The molecule has 108 valence electrons. The molecule has 0 radical (unpaired) electrons. The van der Waals surface area contributed by atoms with Crippen molar-refractivity contribution in [2.24, 2.45) is 7.05 Å². The van der Waals surface area contributed by atoms with E-state index >= 15 is 0 Å². The van der Waals surface area contributed by atoms with Gasteiger partial charge < -0.3 is 15.0 Å². The molecule has 21 heavy (non-hydrogen) atoms. The standard InChI is InChI=1S/C15H14N2O3S/c1-17-7-6-11(9-14(17)19)15(20)16-10-13-5-4-12(21-13)3-2-8-18/h4-7,9,18H,8,10H2,1H3,(H,16,20). The van der Waals surface area contributed by atoms with Crippen LogP contribution in [0.2, 0.25) is 0 Å². The Hall–Kier alpha value is -2.36. The van der Waals surface area contributed by atoms with Crippen LogP contribution in [0.15, 0.2) is 35.3 Å². The third kappa shape index (κ3) is 4.05. The van der Waals surface area contributed by atoms with Gasteiger partial charge in [-0.05, 0) is 18.2 Å². The number of aryl methyl sites for hydroxylation is 1. The number of aliphatic hydroxyl groups is 1. The van der Waals surface area contributed by atoms with Crippen LogP contribution in [-0.4, -0.2) is 22.2 Å². The predicted octanol–water partition coefficient (Wildman–Crippen LogP) is 0.721. The maximum atomic E-state index is 11.9. The molecule has 0 saturated heterocycles. The molecular formula is C15H14N2O3S. The Bertz CT molecular complexity index is 765. The van der Waals surface area contributed by atoms with E-state index < -0.39 is 0 Å². The summed E-state index contributed by atoms with van der Waals surface area (Å²) in [6, 6.07) is 6.62. The number of carbonyl (C=O) groups excluding carboxylic acids is 1. The zero-order chi connectivity index (χ0) is 15.2. The fourth-order valence-corrected chi connectivity index (χ4v) is 2.45. The van der Waals surface area contributed by atoms with Gasteiger partial charge in [-0.2, -0.15) is 0 Å². The first-order valence-electron chi connectivity index (χ1n) is 6.23. The normalized spacial score (nSPS) is 9.81. The average molecular weight is 302 g/mol. The van der Waals surface area contributed by atoms with E-state index in [-0.39, 0.29) is 18.1 Å². The molecule has 2 aromatic heterocycles. The van der Waals surface area contributed by atoms with Crippen LogP contribution in [0.3, 0.4) is 0 Å². The minimum Gasteiger partial charge on any atom is -0.384 e. The lowest BCUT2D eigenvalue weighted by Crippen LogP contribution is -2.25. The number of carbonyl (C=O) groups is 1. The van der Waals surface area contributed by atoms with E-state index in [0.717, 1.165) is 9.75 Å². The molecule has 2 aromatic rings. The predicted molar refractivity (Wildman–Crippen MR) is 81.1 cm³/mol. The number of amides is 1. The topological polar surface area (TPSA) is 71.3 Å². The van der Waals surface area contributed by atoms with Gasteiger partial charge in [-0.15, -0.1) is 11.3 Å². The van der Waals surface area contributed by atoms with E-state index in [1.807, 2.05) is 12.1 Å². The van der Waals surface area contributed by atoms with E-state index in [4.69, 9.17) is 5.11 Å². The first kappa shape index (κ1) is 15.0. The Balaban J connectivity index is 1.99. The number of rotatable bonds is 3. The van der Waals surface area contributed by atoms with Gasteiger partial charge in [-0.3, -0.25) is 9.59 Å². The number of pyridine rings is 1. The first-order valence-corrected chi connectivity index (χ1v) is 7.05. The van der Waals surface area contributed by atoms with Crippen LogP contribution in [0.4, 0.5) is 0 Å². The lowest BCUT2D eigenvalue weighted by atomic mass is 10.2. The highest BCUT2D eigenvalue weighted by atomic mass is 32.1. The largest absolute Gasteiger partial charge is 0.384 e. The average Bonchev–Trinajstić information content (AvgIpc) is 2.93. The molecule has 6 heteroatoms. The monoisotopic (exact) mass is 302 g/mol. The van der Waals surface area contributed by atoms with Crippen molar-refractivity contribution in [3.05, 3.63) is 56.1 Å². The van der Waals surface area contributed by atoms with Gasteiger partial charge in [0.1, 0.15) is 6.61 Å². The highest BCUT2D eigenvalue weighted by Gasteiger charge is 2.07. The molecule has 0 aliphatic heterocycles. The summed E-state index contributed by atoms with van der Waals surface area (Å²) in [5.74, 6) is 5.09. The van der Waals surface area contributed by atoms with Crippen molar-refractivity contribution in [1.82, 2.24) is 9.88 Å². The summed E-state index contributed by atoms with van der Waals surface area (Å²) < 4.78 is 1.40. The zero-order valence-electron chi connectivity index (χ0n) is 11.4. The summed E-state index contributed by atoms with van der Waals surface area (Å²) in [5.41, 5.74) is 0.121. The molecule has 0 atom stereocenters. The van der Waals surface area contributed by atoms with Crippen molar-refractivity contribution in [1.29, 1.82) is 0 Å². The van der Waals surface area contributed by atoms with Crippen molar-refractivity contribution in [2.45, 2.75) is 6.54 Å². The summed E-state index contributed by atoms with van der Waals surface area (Å²) in [5, 5.41) is 11.4. The van der Waals surface area contributed by atoms with Crippen LogP contribution >= 0.6 is 11.3 Å². The van der Waals surface area contributed by atoms with E-state index in [0.29, 0.717) is 12.1 Å². The summed E-state index contributed by atoms with van der Waals surface area (Å²) >= 11 is 1.45. The second-order valence-electron chi connectivity index (χ2n) is 4.27. The molecule has 1 amide bonds. The quantitative estimate of drug-likeness (QED) is 0.821. The van der Waals surface area contributed by atoms with Crippen LogP contribution in [0.5, 0.6) is 0 Å². The lowest BCUT2D eigenvalue weighted by molar-refractivity contribution is 0.0951. The lowest BCUT2D eigenvalue weighted by Gasteiger charge is -2.04. The van der Waals surface area contributed by atoms with Crippen molar-refractivity contribution in [3.8, 4) is 11.8 Å². The number of aliphatic hydroxyl groups excluding tert-OH is 1. The maximum Gasteiger partial charge on any atom is 0.251 e. The summed E-state index contributed by atoms with van der Waals surface area (Å²) in [6.45, 7) is 0.201. The minimum atomic E-state index is -0.288. The number of nitrogens with one attached hydrogen (secondary N) is 1. The summed E-state index contributed by atoms with van der Waals surface area (Å²) in [4.78, 5) is 25.2. The Morgan fingerprint density at radius 1 is 1.43 bits per heavy atom. The maximum absolute atomic E-state index is 11.9. The van der Waals surface area contributed by atoms with Crippen molar-refractivity contribution in [2.75, 3.05) is 6.61 Å². The smallest absolute Gasteiger partial charge is 0.251 e. The number of hydrogen-bond donors (Lipinski definition) is 2. The Morgan fingerprint density at radius 2 is 2.24 bits per heavy atom. The van der Waals surface area contributed by atoms with Crippen molar-refractivity contribution in [3.63, 3.8) is 0 Å². The minimum absolute atomic E-state index is 0.174. The fraction of sp³-hybridized carbons (Fsp3) is 0.200. The Labute approximate surface area is 125 Å². The van der Waals surface area contributed by atoms with Gasteiger partial charge >= 0.3 is 0 Å². The van der Waals surface area contributed by atoms with E-state index in [9.17, 15) is 9.59 Å². The van der Waals surface area contributed by atoms with Crippen LogP contribution in [-0.2, 0) is 13.6 Å². The second-order valence-corrected chi connectivity index (χ2v) is 5.44. The molecular weight excluding hydrogens is 288 g/mol. The molecule has 2 heterocycles. The first-order chi connectivity index (χ1) is 10.1. The molecule has 0 spiro atoms. The third-order valence-corrected chi connectivity index (χ3v) is 3.74. The van der Waals surface area contributed by atoms with Crippen LogP contribution in [0.1, 0.15) is 20.1 Å². The highest BCUT2D eigenvalue weighted by molar-refractivity contribution is 7.12. The Kier molecular flexibility index (Phi) is 4.93. The van der Waals surface area contributed by atoms with Gasteiger partial charge in [0.25, 0.3) is 11.5 Å². The zero-order valence-corrected chi connectivity index (χ0v) is 12.2. The van der Waals surface area contributed by atoms with Crippen LogP contribution in [0, 0.1) is 11.8 Å². The molecule has 0 unspecified atom stereocenters. The number of aromatic nitrogens is 1. The van der Waals surface area contributed by atoms with Crippen LogP contribution < -0.4 is 10.9 Å². The SMILES string of the molecule is Cn1ccc(C(=O)NCc2ccc(C#CCO)s2)cc1=O. The van der Waals surface area contributed by atoms with Crippen molar-refractivity contribution >= 4 is 17.2 Å². The molecule has 2 rings (SSSR count). The fourth-order valence-electron chi connectivity index (χ4n) is 1.63. The van der Waals surface area contributed by atoms with Gasteiger partial charge in [-0.1, -0.05) is 11.8 Å². The van der Waals surface area contributed by atoms with Crippen LogP contribution in [0.25, 0.3) is 0 Å². The molecule has 0 saturated carbocycles. The van der Waals surface area contributed by atoms with Gasteiger partial charge in [0.05, 0.1) is 11.4 Å². The number of hydrogen-bond acceptors (Lipinski definition) is 4. The van der Waals surface area contributed by atoms with Gasteiger partial charge in [0.15, 0.2) is 0 Å². The number of thiophene rings is 1. The van der Waals surface area contributed by atoms with Gasteiger partial charge in [0, 0.05) is 29.8 Å². The third-order valence-electron chi connectivity index (χ3n) is 2.74. The van der Waals surface area contributed by atoms with E-state index in [1.165, 1.54) is 22.0 Å². The van der Waals surface area contributed by atoms with E-state index in [2.05, 4.69) is 17.2 Å². The molecule has 0 aliphatic rings. The van der Waals surface area contributed by atoms with Gasteiger partial charge in [0.2, 0.25) is 0 Å². The Morgan fingerprint density at radius 3 is 2.95 bits per heavy atom. The summed E-state index contributed by atoms with van der Waals surface area (Å²) in [6.07, 6.45) is 1.56. The van der Waals surface area contributed by atoms with Gasteiger partial charge in [-0.25, -0.2) is 0 Å². The molecule has 0 fully saturated rings. The molecule has 0 aliphatic carbocycles. The summed E-state index contributed by atoms with van der Waals surface area (Å²) in [7, 11) is 1.63. The molecule has 0 aromatic carbocycles. The second kappa shape index (κ2) is 6.88. The van der Waals surface area contributed by atoms with E-state index in [1.54, 1.807) is 19.3 Å². The molecule has 0 bridgehead atoms. The molecule has 2 N–H and O–H groups in total. The highest BCUT2D eigenvalue weighted by Crippen LogP contribution is 2.15. The number of nitrogens with zero attached hydrogens (tertiary/aromatic N) is 1.